The number of nitrogens with one attached hydrogen (secondary N) is 2. The highest BCUT2D eigenvalue weighted by atomic mass is 16.1. The maximum atomic E-state index is 12.9. The van der Waals surface area contributed by atoms with Crippen molar-refractivity contribution in [2.75, 3.05) is 13.1 Å². The zero-order valence-corrected chi connectivity index (χ0v) is 12.9. The van der Waals surface area contributed by atoms with E-state index in [9.17, 15) is 9.59 Å². The monoisotopic (exact) mass is 296 g/mol. The van der Waals surface area contributed by atoms with Crippen molar-refractivity contribution >= 4 is 11.6 Å². The number of hydrogen-bond donors (Lipinski definition) is 2. The fourth-order valence-electron chi connectivity index (χ4n) is 3.22. The molecule has 1 aromatic carbocycles. The van der Waals surface area contributed by atoms with Crippen molar-refractivity contribution in [2.24, 2.45) is 0 Å². The van der Waals surface area contributed by atoms with Gasteiger partial charge in [-0.2, -0.15) is 0 Å². The number of allylic oxidation sites excluding steroid dienone is 2. The fourth-order valence-corrected chi connectivity index (χ4v) is 3.22. The summed E-state index contributed by atoms with van der Waals surface area (Å²) in [5.74, 6) is -0.101. The summed E-state index contributed by atoms with van der Waals surface area (Å²) in [6.07, 6.45) is 2.62. The van der Waals surface area contributed by atoms with Crippen molar-refractivity contribution in [1.82, 2.24) is 10.6 Å². The van der Waals surface area contributed by atoms with Gasteiger partial charge in [0.05, 0.1) is 11.6 Å². The van der Waals surface area contributed by atoms with Crippen molar-refractivity contribution < 1.29 is 9.59 Å². The normalized spacial score (nSPS) is 20.5. The molecule has 0 saturated heterocycles. The van der Waals surface area contributed by atoms with Gasteiger partial charge >= 0.3 is 0 Å². The summed E-state index contributed by atoms with van der Waals surface area (Å²) in [4.78, 5) is 25.6. The fraction of sp³-hybridized carbons (Fsp3) is 0.333. The first kappa shape index (κ1) is 14.7. The Bertz CT molecular complexity index is 701. The summed E-state index contributed by atoms with van der Waals surface area (Å²) in [5, 5.41) is 6.69. The number of likely N-dealkylation sites (N-methyl/N-ethyl adjacent to an activating group) is 2. The van der Waals surface area contributed by atoms with E-state index in [1.165, 1.54) is 0 Å². The lowest BCUT2D eigenvalue weighted by molar-refractivity contribution is 0.0969. The molecule has 0 amide bonds. The number of benzene rings is 1. The Labute approximate surface area is 130 Å². The van der Waals surface area contributed by atoms with E-state index in [0.717, 1.165) is 25.2 Å². The average molecular weight is 296 g/mol. The van der Waals surface area contributed by atoms with E-state index in [0.29, 0.717) is 22.3 Å². The van der Waals surface area contributed by atoms with Gasteiger partial charge in [0.1, 0.15) is 0 Å². The number of rotatable bonds is 4. The molecule has 22 heavy (non-hydrogen) atoms. The lowest BCUT2D eigenvalue weighted by Gasteiger charge is -2.31. The van der Waals surface area contributed by atoms with Crippen LogP contribution in [0.1, 0.15) is 41.0 Å². The molecule has 0 bridgehead atoms. The van der Waals surface area contributed by atoms with Gasteiger partial charge in [0.15, 0.2) is 11.6 Å². The molecule has 1 aromatic rings. The molecular weight excluding hydrogens is 276 g/mol. The Balaban J connectivity index is 2.18. The van der Waals surface area contributed by atoms with E-state index >= 15 is 0 Å². The second kappa shape index (κ2) is 5.89. The summed E-state index contributed by atoms with van der Waals surface area (Å²) in [6.45, 7) is 5.57. The second-order valence-electron chi connectivity index (χ2n) is 5.49. The predicted octanol–water partition coefficient (Wildman–Crippen LogP) is 2.24. The molecule has 0 aromatic heterocycles. The molecule has 0 spiro atoms. The van der Waals surface area contributed by atoms with E-state index in [2.05, 4.69) is 10.6 Å². The van der Waals surface area contributed by atoms with Crippen LogP contribution in [0.2, 0.25) is 0 Å². The highest BCUT2D eigenvalue weighted by molar-refractivity contribution is 6.31. The Kier molecular flexibility index (Phi) is 3.94. The Morgan fingerprint density at radius 1 is 1.05 bits per heavy atom. The molecule has 0 heterocycles. The van der Waals surface area contributed by atoms with Gasteiger partial charge in [-0.25, -0.2) is 0 Å². The van der Waals surface area contributed by atoms with Gasteiger partial charge in [-0.3, -0.25) is 9.59 Å². The number of Topliss-reactive ketones (excluding diaryl/α,β-unsaturated/α-hetero) is 2. The molecule has 0 fully saturated rings. The lowest BCUT2D eigenvalue weighted by Crippen LogP contribution is -2.42. The topological polar surface area (TPSA) is 58.2 Å². The number of ketones is 2. The van der Waals surface area contributed by atoms with Crippen LogP contribution in [0, 0.1) is 0 Å². The predicted molar refractivity (Wildman–Crippen MR) is 86.0 cm³/mol. The lowest BCUT2D eigenvalue weighted by atomic mass is 9.77. The van der Waals surface area contributed by atoms with Crippen LogP contribution >= 0.6 is 0 Å². The van der Waals surface area contributed by atoms with Gasteiger partial charge < -0.3 is 10.6 Å². The van der Waals surface area contributed by atoms with Gasteiger partial charge in [0.25, 0.3) is 0 Å². The maximum Gasteiger partial charge on any atom is 0.196 e. The van der Waals surface area contributed by atoms with E-state index in [1.54, 1.807) is 24.3 Å². The number of carbonyl (C=O) groups excluding carboxylic acids is 2. The summed E-state index contributed by atoms with van der Waals surface area (Å²) in [5.41, 5.74) is 2.97. The molecule has 1 unspecified atom stereocenters. The number of carbonyl (C=O) groups is 2. The molecule has 1 atom stereocenters. The molecule has 114 valence electrons. The van der Waals surface area contributed by atoms with E-state index in [4.69, 9.17) is 0 Å². The molecule has 2 aliphatic carbocycles. The third kappa shape index (κ3) is 2.20. The van der Waals surface area contributed by atoms with Crippen molar-refractivity contribution in [1.29, 1.82) is 0 Å². The van der Waals surface area contributed by atoms with Crippen LogP contribution in [0.5, 0.6) is 0 Å². The van der Waals surface area contributed by atoms with E-state index in [1.807, 2.05) is 19.9 Å². The van der Waals surface area contributed by atoms with Crippen LogP contribution < -0.4 is 10.6 Å². The van der Waals surface area contributed by atoms with Crippen LogP contribution in [0.3, 0.4) is 0 Å². The third-order valence-electron chi connectivity index (χ3n) is 4.15. The Hall–Kier alpha value is -2.20. The van der Waals surface area contributed by atoms with Crippen LogP contribution in [0.25, 0.3) is 0 Å². The summed E-state index contributed by atoms with van der Waals surface area (Å²) in [7, 11) is 0. The molecule has 4 nitrogen and oxygen atoms in total. The Morgan fingerprint density at radius 2 is 1.73 bits per heavy atom. The first-order valence-electron chi connectivity index (χ1n) is 7.79. The summed E-state index contributed by atoms with van der Waals surface area (Å²) >= 11 is 0. The molecule has 0 saturated carbocycles. The zero-order valence-electron chi connectivity index (χ0n) is 12.9. The van der Waals surface area contributed by atoms with Gasteiger partial charge in [-0.05, 0) is 19.9 Å². The minimum atomic E-state index is -0.0556. The highest BCUT2D eigenvalue weighted by Crippen LogP contribution is 2.35. The minimum Gasteiger partial charge on any atom is -0.387 e. The molecule has 3 rings (SSSR count). The standard InChI is InChI=1S/C18H20N2O2/c1-3-19-14-10-9-13-15(16(14)20-4-2)18(22)12-8-6-5-7-11(12)17(13)21/h5-9,14,19-20H,3-4,10H2,1-2H3. The summed E-state index contributed by atoms with van der Waals surface area (Å²) in [6, 6.07) is 7.13. The molecule has 4 heteroatoms. The largest absolute Gasteiger partial charge is 0.387 e. The van der Waals surface area contributed by atoms with Crippen molar-refractivity contribution in [2.45, 2.75) is 26.3 Å². The first-order chi connectivity index (χ1) is 10.7. The molecule has 2 aliphatic rings. The van der Waals surface area contributed by atoms with Crippen LogP contribution in [-0.4, -0.2) is 30.7 Å². The quantitative estimate of drug-likeness (QED) is 0.894. The van der Waals surface area contributed by atoms with Gasteiger partial charge in [-0.1, -0.05) is 37.3 Å². The SMILES string of the molecule is CCNC1=C2C(=O)c3ccccc3C(=O)C2=CCC1NCC. The highest BCUT2D eigenvalue weighted by Gasteiger charge is 2.37. The van der Waals surface area contributed by atoms with Crippen molar-refractivity contribution in [3.8, 4) is 0 Å². The van der Waals surface area contributed by atoms with Gasteiger partial charge in [0.2, 0.25) is 0 Å². The Morgan fingerprint density at radius 3 is 2.36 bits per heavy atom. The molecule has 0 aliphatic heterocycles. The smallest absolute Gasteiger partial charge is 0.196 e. The van der Waals surface area contributed by atoms with Crippen LogP contribution in [-0.2, 0) is 0 Å². The zero-order chi connectivity index (χ0) is 15.7. The van der Waals surface area contributed by atoms with Crippen molar-refractivity contribution in [3.05, 3.63) is 58.3 Å². The third-order valence-corrected chi connectivity index (χ3v) is 4.15. The maximum absolute atomic E-state index is 12.9. The average Bonchev–Trinajstić information content (AvgIpc) is 2.54. The summed E-state index contributed by atoms with van der Waals surface area (Å²) < 4.78 is 0. The second-order valence-corrected chi connectivity index (χ2v) is 5.49. The van der Waals surface area contributed by atoms with Crippen molar-refractivity contribution in [3.63, 3.8) is 0 Å². The van der Waals surface area contributed by atoms with Crippen LogP contribution in [0.4, 0.5) is 0 Å². The molecular formula is C18H20N2O2. The van der Waals surface area contributed by atoms with E-state index in [-0.39, 0.29) is 17.6 Å². The molecule has 2 N–H and O–H groups in total. The van der Waals surface area contributed by atoms with Crippen LogP contribution in [0.15, 0.2) is 47.2 Å². The first-order valence-corrected chi connectivity index (χ1v) is 7.79. The molecule has 0 radical (unpaired) electrons. The van der Waals surface area contributed by atoms with Gasteiger partial charge in [0, 0.05) is 28.9 Å². The number of fused-ring (bicyclic) bond motifs is 2. The van der Waals surface area contributed by atoms with E-state index < -0.39 is 0 Å². The van der Waals surface area contributed by atoms with Gasteiger partial charge in [-0.15, -0.1) is 0 Å². The number of hydrogen-bond acceptors (Lipinski definition) is 4. The minimum absolute atomic E-state index is 0.0458.